The second kappa shape index (κ2) is 13.6. The average molecular weight is 821 g/mol. The molecule has 7 nitrogen and oxygen atoms in total. The molecule has 3 N–H and O–H groups in total. The van der Waals surface area contributed by atoms with E-state index < -0.39 is 29.8 Å². The van der Waals surface area contributed by atoms with Gasteiger partial charge in [-0.3, -0.25) is 0 Å². The van der Waals surface area contributed by atoms with Gasteiger partial charge < -0.3 is 25.0 Å². The van der Waals surface area contributed by atoms with Crippen LogP contribution < -0.4 is 10.1 Å². The highest BCUT2D eigenvalue weighted by atomic mass is 127. The smallest absolute Gasteiger partial charge is 0.408 e. The molecule has 1 amide bonds. The van der Waals surface area contributed by atoms with E-state index in [-0.39, 0.29) is 13.0 Å². The van der Waals surface area contributed by atoms with E-state index in [1.807, 2.05) is 31.2 Å². The zero-order chi connectivity index (χ0) is 26.3. The van der Waals surface area contributed by atoms with Gasteiger partial charge in [0, 0.05) is 13.6 Å². The van der Waals surface area contributed by atoms with E-state index in [2.05, 4.69) is 79.2 Å². The van der Waals surface area contributed by atoms with Gasteiger partial charge in [-0.2, -0.15) is 0 Å². The molecule has 0 aliphatic carbocycles. The summed E-state index contributed by atoms with van der Waals surface area (Å²) in [6.45, 7) is 7.36. The number of ether oxygens (including phenoxy) is 2. The van der Waals surface area contributed by atoms with Crippen molar-refractivity contribution < 1.29 is 29.3 Å². The molecule has 0 saturated carbocycles. The van der Waals surface area contributed by atoms with E-state index in [9.17, 15) is 19.8 Å². The highest BCUT2D eigenvalue weighted by Gasteiger charge is 2.25. The van der Waals surface area contributed by atoms with Crippen LogP contribution in [0.1, 0.15) is 50.8 Å². The van der Waals surface area contributed by atoms with E-state index >= 15 is 0 Å². The summed E-state index contributed by atoms with van der Waals surface area (Å²) >= 11 is 6.77. The molecule has 0 aliphatic rings. The summed E-state index contributed by atoms with van der Waals surface area (Å²) in [5, 5.41) is 21.8. The number of carboxylic acids is 1. The summed E-state index contributed by atoms with van der Waals surface area (Å²) in [6.07, 6.45) is 0.271. The van der Waals surface area contributed by atoms with Crippen LogP contribution in [0.25, 0.3) is 0 Å². The number of hydrogen-bond acceptors (Lipinski definition) is 5. The van der Waals surface area contributed by atoms with Gasteiger partial charge in [-0.15, -0.1) is 0 Å². The SMILES string of the molecule is CCC(O)COc1ccc(Cc2c(I)cc(CC(NC(=O)OC(C)(C)C)C(=O)O)cc2I)cc1I. The number of halogens is 3. The molecule has 192 valence electrons. The number of aliphatic carboxylic acids is 1. The van der Waals surface area contributed by atoms with Crippen molar-refractivity contribution in [1.29, 1.82) is 0 Å². The Kier molecular flexibility index (Phi) is 11.8. The third kappa shape index (κ3) is 10.2. The molecule has 2 rings (SSSR count). The molecule has 0 fully saturated rings. The average Bonchev–Trinajstić information content (AvgIpc) is 2.73. The van der Waals surface area contributed by atoms with Gasteiger partial charge in [0.2, 0.25) is 0 Å². The molecule has 0 radical (unpaired) electrons. The Morgan fingerprint density at radius 3 is 2.14 bits per heavy atom. The van der Waals surface area contributed by atoms with Crippen molar-refractivity contribution >= 4 is 79.8 Å². The first kappa shape index (κ1) is 30.4. The molecule has 35 heavy (non-hydrogen) atoms. The van der Waals surface area contributed by atoms with Crippen molar-refractivity contribution in [3.63, 3.8) is 0 Å². The molecule has 2 atom stereocenters. The van der Waals surface area contributed by atoms with Crippen LogP contribution in [0.15, 0.2) is 30.3 Å². The first-order valence-electron chi connectivity index (χ1n) is 11.1. The van der Waals surface area contributed by atoms with Crippen molar-refractivity contribution in [2.45, 2.75) is 64.7 Å². The summed E-state index contributed by atoms with van der Waals surface area (Å²) in [4.78, 5) is 23.8. The van der Waals surface area contributed by atoms with Crippen LogP contribution in [-0.4, -0.2) is 46.6 Å². The maximum Gasteiger partial charge on any atom is 0.408 e. The molecule has 0 aromatic heterocycles. The Balaban J connectivity index is 2.14. The van der Waals surface area contributed by atoms with Gasteiger partial charge in [-0.25, -0.2) is 9.59 Å². The van der Waals surface area contributed by atoms with Gasteiger partial charge in [0.15, 0.2) is 0 Å². The van der Waals surface area contributed by atoms with Gasteiger partial charge in [0.05, 0.1) is 9.67 Å². The number of hydrogen-bond donors (Lipinski definition) is 3. The molecule has 2 unspecified atom stereocenters. The maximum absolute atomic E-state index is 12.1. The zero-order valence-electron chi connectivity index (χ0n) is 20.0. The predicted molar refractivity (Wildman–Crippen MR) is 160 cm³/mol. The topological polar surface area (TPSA) is 105 Å². The van der Waals surface area contributed by atoms with Crippen LogP contribution in [0.2, 0.25) is 0 Å². The van der Waals surface area contributed by atoms with Crippen LogP contribution in [0, 0.1) is 10.7 Å². The number of amides is 1. The Morgan fingerprint density at radius 2 is 1.63 bits per heavy atom. The Morgan fingerprint density at radius 1 is 1.03 bits per heavy atom. The summed E-state index contributed by atoms with van der Waals surface area (Å²) in [5.74, 6) is -0.368. The normalized spacial score (nSPS) is 13.1. The van der Waals surface area contributed by atoms with Crippen molar-refractivity contribution in [2.24, 2.45) is 0 Å². The standard InChI is InChI=1S/C25H30I3NO6/c1-5-16(30)13-34-22-7-6-14(9-20(22)28)8-17-18(26)10-15(11-19(17)27)12-21(23(31)32)29-24(33)35-25(2,3)4/h6-7,9-11,16,21,30H,5,8,12-13H2,1-4H3,(H,29,33)(H,31,32). The molecule has 0 heterocycles. The number of rotatable bonds is 10. The molecule has 0 bridgehead atoms. The Labute approximate surface area is 247 Å². The van der Waals surface area contributed by atoms with E-state index in [1.54, 1.807) is 20.8 Å². The van der Waals surface area contributed by atoms with Crippen LogP contribution in [0.5, 0.6) is 5.75 Å². The first-order chi connectivity index (χ1) is 16.3. The van der Waals surface area contributed by atoms with Crippen molar-refractivity contribution in [1.82, 2.24) is 5.32 Å². The molecule has 2 aromatic carbocycles. The third-order valence-corrected chi connectivity index (χ3v) is 7.68. The second-order valence-electron chi connectivity index (χ2n) is 9.09. The maximum atomic E-state index is 12.1. The van der Waals surface area contributed by atoms with Gasteiger partial charge in [0.1, 0.15) is 24.0 Å². The number of alkyl carbamates (subject to hydrolysis) is 1. The van der Waals surface area contributed by atoms with Crippen molar-refractivity contribution in [3.8, 4) is 5.75 Å². The highest BCUT2D eigenvalue weighted by Crippen LogP contribution is 2.28. The lowest BCUT2D eigenvalue weighted by molar-refractivity contribution is -0.139. The second-order valence-corrected chi connectivity index (χ2v) is 12.6. The molecule has 2 aromatic rings. The number of aliphatic hydroxyl groups is 1. The van der Waals surface area contributed by atoms with Gasteiger partial charge in [0.25, 0.3) is 0 Å². The fourth-order valence-corrected chi connectivity index (χ4v) is 6.12. The van der Waals surface area contributed by atoms with Crippen molar-refractivity contribution in [2.75, 3.05) is 6.61 Å². The van der Waals surface area contributed by atoms with Crippen LogP contribution in [-0.2, 0) is 22.4 Å². The monoisotopic (exact) mass is 821 g/mol. The fourth-order valence-electron chi connectivity index (χ4n) is 3.11. The van der Waals surface area contributed by atoms with E-state index in [1.165, 1.54) is 0 Å². The van der Waals surface area contributed by atoms with E-state index in [0.29, 0.717) is 12.8 Å². The summed E-state index contributed by atoms with van der Waals surface area (Å²) in [5.41, 5.74) is 2.38. The quantitative estimate of drug-likeness (QED) is 0.264. The minimum absolute atomic E-state index is 0.147. The number of nitrogens with one attached hydrogen (secondary N) is 1. The number of aliphatic hydroxyl groups excluding tert-OH is 1. The van der Waals surface area contributed by atoms with Gasteiger partial charge in [-0.1, -0.05) is 13.0 Å². The molecule has 10 heteroatoms. The lowest BCUT2D eigenvalue weighted by Gasteiger charge is -2.22. The molecular formula is C25H30I3NO6. The molecular weight excluding hydrogens is 791 g/mol. The summed E-state index contributed by atoms with van der Waals surface area (Å²) < 4.78 is 13.9. The van der Waals surface area contributed by atoms with Crippen LogP contribution in [0.3, 0.4) is 0 Å². The molecule has 0 spiro atoms. The van der Waals surface area contributed by atoms with E-state index in [4.69, 9.17) is 9.47 Å². The first-order valence-corrected chi connectivity index (χ1v) is 14.3. The van der Waals surface area contributed by atoms with Gasteiger partial charge in [-0.05, 0) is 142 Å². The Hall–Kier alpha value is -0.870. The molecule has 0 saturated heterocycles. The Bertz CT molecular complexity index is 1030. The van der Waals surface area contributed by atoms with E-state index in [0.717, 1.165) is 33.2 Å². The number of carboxylic acid groups (broad SMARTS) is 1. The predicted octanol–water partition coefficient (Wildman–Crippen LogP) is 5.76. The zero-order valence-corrected chi connectivity index (χ0v) is 26.5. The fraction of sp³-hybridized carbons (Fsp3) is 0.440. The lowest BCUT2D eigenvalue weighted by atomic mass is 10.0. The lowest BCUT2D eigenvalue weighted by Crippen LogP contribution is -2.44. The van der Waals surface area contributed by atoms with Crippen LogP contribution in [0.4, 0.5) is 4.79 Å². The minimum Gasteiger partial charge on any atom is -0.490 e. The van der Waals surface area contributed by atoms with Gasteiger partial charge >= 0.3 is 12.1 Å². The number of carbonyl (C=O) groups is 2. The van der Waals surface area contributed by atoms with Crippen molar-refractivity contribution in [3.05, 3.63) is 57.7 Å². The van der Waals surface area contributed by atoms with Crippen LogP contribution >= 0.6 is 67.8 Å². The summed E-state index contributed by atoms with van der Waals surface area (Å²) in [7, 11) is 0. The minimum atomic E-state index is -1.12. The number of carbonyl (C=O) groups excluding carboxylic acids is 1. The largest absolute Gasteiger partial charge is 0.490 e. The third-order valence-electron chi connectivity index (χ3n) is 4.91. The molecule has 0 aliphatic heterocycles. The summed E-state index contributed by atoms with van der Waals surface area (Å²) in [6, 6.07) is 8.83. The highest BCUT2D eigenvalue weighted by molar-refractivity contribution is 14.1. The number of benzene rings is 2.